The molecule has 1 N–H and O–H groups in total. The van der Waals surface area contributed by atoms with E-state index in [0.717, 1.165) is 31.8 Å². The van der Waals surface area contributed by atoms with E-state index in [1.165, 1.54) is 11.3 Å². The Morgan fingerprint density at radius 3 is 3.10 bits per heavy atom. The Balaban J connectivity index is 1.79. The zero-order valence-electron chi connectivity index (χ0n) is 12.3. The minimum Gasteiger partial charge on any atom is -0.494 e. The van der Waals surface area contributed by atoms with Crippen molar-refractivity contribution in [2.75, 3.05) is 26.2 Å². The number of benzene rings is 1. The molecule has 0 saturated carbocycles. The number of nitrogens with zero attached hydrogens (tertiary/aromatic N) is 2. The number of likely N-dealkylation sites (tertiary alicyclic amines) is 1. The van der Waals surface area contributed by atoms with Crippen LogP contribution in [0.5, 0.6) is 5.75 Å². The molecule has 1 aromatic carbocycles. The minimum absolute atomic E-state index is 0.291. The molecule has 0 aliphatic carbocycles. The highest BCUT2D eigenvalue weighted by molar-refractivity contribution is 5.89. The summed E-state index contributed by atoms with van der Waals surface area (Å²) in [6.07, 6.45) is 1.09. The molecule has 2 unspecified atom stereocenters. The predicted molar refractivity (Wildman–Crippen MR) is 81.1 cm³/mol. The summed E-state index contributed by atoms with van der Waals surface area (Å²) in [5, 5.41) is 4.56. The Morgan fingerprint density at radius 2 is 2.30 bits per heavy atom. The number of nitrogens with one attached hydrogen (secondary N) is 1. The van der Waals surface area contributed by atoms with Gasteiger partial charge in [-0.15, -0.1) is 0 Å². The van der Waals surface area contributed by atoms with Gasteiger partial charge in [0, 0.05) is 31.1 Å². The smallest absolute Gasteiger partial charge is 0.119 e. The van der Waals surface area contributed by atoms with Gasteiger partial charge in [0.25, 0.3) is 0 Å². The maximum absolute atomic E-state index is 5.61. The van der Waals surface area contributed by atoms with E-state index in [4.69, 9.17) is 4.74 Å². The van der Waals surface area contributed by atoms with Crippen LogP contribution in [-0.4, -0.2) is 36.9 Å². The lowest BCUT2D eigenvalue weighted by Gasteiger charge is -2.32. The summed E-state index contributed by atoms with van der Waals surface area (Å²) in [6, 6.07) is 8.69. The van der Waals surface area contributed by atoms with Crippen LogP contribution in [0.2, 0.25) is 0 Å². The monoisotopic (exact) mass is 273 g/mol. The van der Waals surface area contributed by atoms with Crippen molar-refractivity contribution in [2.24, 2.45) is 11.0 Å². The average molecular weight is 273 g/mol. The summed E-state index contributed by atoms with van der Waals surface area (Å²) in [6.45, 7) is 8.31. The summed E-state index contributed by atoms with van der Waals surface area (Å²) in [7, 11) is 0. The van der Waals surface area contributed by atoms with Gasteiger partial charge >= 0.3 is 0 Å². The first-order chi connectivity index (χ1) is 9.81. The molecule has 2 atom stereocenters. The Labute approximate surface area is 120 Å². The molecule has 4 nitrogen and oxygen atoms in total. The molecule has 20 heavy (non-hydrogen) atoms. The lowest BCUT2D eigenvalue weighted by molar-refractivity contribution is 0.238. The number of ether oxygens (including phenoxy) is 1. The molecule has 1 aromatic rings. The van der Waals surface area contributed by atoms with E-state index < -0.39 is 0 Å². The average Bonchev–Trinajstić information content (AvgIpc) is 2.90. The van der Waals surface area contributed by atoms with Gasteiger partial charge in [-0.2, -0.15) is 5.10 Å². The van der Waals surface area contributed by atoms with E-state index in [1.807, 2.05) is 13.0 Å². The maximum Gasteiger partial charge on any atom is 0.119 e. The Hall–Kier alpha value is -1.55. The van der Waals surface area contributed by atoms with Gasteiger partial charge in [0.1, 0.15) is 5.75 Å². The Morgan fingerprint density at radius 1 is 1.40 bits per heavy atom. The second-order valence-corrected chi connectivity index (χ2v) is 5.47. The molecular weight excluding hydrogens is 250 g/mol. The van der Waals surface area contributed by atoms with Crippen LogP contribution in [0.1, 0.15) is 31.9 Å². The molecule has 0 aromatic heterocycles. The fourth-order valence-electron chi connectivity index (χ4n) is 3.17. The van der Waals surface area contributed by atoms with Crippen molar-refractivity contribution < 1.29 is 4.74 Å². The van der Waals surface area contributed by atoms with Gasteiger partial charge < -0.3 is 15.1 Å². The molecule has 1 fully saturated rings. The van der Waals surface area contributed by atoms with Crippen molar-refractivity contribution in [2.45, 2.75) is 26.3 Å². The van der Waals surface area contributed by atoms with Crippen LogP contribution in [-0.2, 0) is 0 Å². The van der Waals surface area contributed by atoms with Gasteiger partial charge in [-0.05, 0) is 31.2 Å². The van der Waals surface area contributed by atoms with E-state index in [0.29, 0.717) is 18.6 Å². The van der Waals surface area contributed by atoms with Crippen LogP contribution in [0.4, 0.5) is 0 Å². The van der Waals surface area contributed by atoms with Crippen molar-refractivity contribution in [3.63, 3.8) is 0 Å². The van der Waals surface area contributed by atoms with E-state index in [-0.39, 0.29) is 0 Å². The van der Waals surface area contributed by atoms with Gasteiger partial charge in [0.2, 0.25) is 0 Å². The molecule has 0 amide bonds. The SMILES string of the molecule is CCOc1cccc(C2NN=C3CCN(CC)CC32)c1. The van der Waals surface area contributed by atoms with Crippen LogP contribution < -0.4 is 10.2 Å². The number of hydrogen-bond acceptors (Lipinski definition) is 4. The van der Waals surface area contributed by atoms with Crippen molar-refractivity contribution in [3.05, 3.63) is 29.8 Å². The van der Waals surface area contributed by atoms with E-state index in [1.54, 1.807) is 0 Å². The summed E-state index contributed by atoms with van der Waals surface area (Å²) in [4.78, 5) is 2.51. The summed E-state index contributed by atoms with van der Waals surface area (Å²) in [5.74, 6) is 1.45. The van der Waals surface area contributed by atoms with Crippen LogP contribution >= 0.6 is 0 Å². The highest BCUT2D eigenvalue weighted by atomic mass is 16.5. The fraction of sp³-hybridized carbons (Fsp3) is 0.562. The summed E-state index contributed by atoms with van der Waals surface area (Å²) >= 11 is 0. The third-order valence-electron chi connectivity index (χ3n) is 4.29. The molecule has 0 radical (unpaired) electrons. The zero-order valence-corrected chi connectivity index (χ0v) is 12.3. The maximum atomic E-state index is 5.61. The topological polar surface area (TPSA) is 36.9 Å². The van der Waals surface area contributed by atoms with Crippen molar-refractivity contribution in [1.82, 2.24) is 10.3 Å². The number of hydrogen-bond donors (Lipinski definition) is 1. The first kappa shape index (κ1) is 13.4. The van der Waals surface area contributed by atoms with Crippen LogP contribution in [0.3, 0.4) is 0 Å². The second kappa shape index (κ2) is 5.83. The lowest BCUT2D eigenvalue weighted by atomic mass is 9.86. The van der Waals surface area contributed by atoms with Crippen molar-refractivity contribution in [1.29, 1.82) is 0 Å². The quantitative estimate of drug-likeness (QED) is 0.915. The molecule has 3 rings (SSSR count). The second-order valence-electron chi connectivity index (χ2n) is 5.47. The van der Waals surface area contributed by atoms with E-state index >= 15 is 0 Å². The number of rotatable bonds is 4. The first-order valence-corrected chi connectivity index (χ1v) is 7.59. The van der Waals surface area contributed by atoms with Crippen molar-refractivity contribution >= 4 is 5.71 Å². The van der Waals surface area contributed by atoms with Gasteiger partial charge in [-0.25, -0.2) is 0 Å². The van der Waals surface area contributed by atoms with Gasteiger partial charge in [-0.3, -0.25) is 0 Å². The molecule has 2 aliphatic heterocycles. The number of piperidine rings is 1. The number of fused-ring (bicyclic) bond motifs is 1. The molecule has 1 saturated heterocycles. The highest BCUT2D eigenvalue weighted by Gasteiger charge is 2.36. The van der Waals surface area contributed by atoms with Crippen LogP contribution in [0.15, 0.2) is 29.4 Å². The Bertz CT molecular complexity index is 500. The van der Waals surface area contributed by atoms with E-state index in [2.05, 4.69) is 40.5 Å². The van der Waals surface area contributed by atoms with Crippen molar-refractivity contribution in [3.8, 4) is 5.75 Å². The first-order valence-electron chi connectivity index (χ1n) is 7.59. The Kier molecular flexibility index (Phi) is 3.92. The van der Waals surface area contributed by atoms with Crippen LogP contribution in [0.25, 0.3) is 0 Å². The largest absolute Gasteiger partial charge is 0.494 e. The van der Waals surface area contributed by atoms with Gasteiger partial charge in [0.05, 0.1) is 12.6 Å². The molecule has 108 valence electrons. The minimum atomic E-state index is 0.291. The lowest BCUT2D eigenvalue weighted by Crippen LogP contribution is -2.41. The highest BCUT2D eigenvalue weighted by Crippen LogP contribution is 2.33. The van der Waals surface area contributed by atoms with Crippen LogP contribution in [0, 0.1) is 5.92 Å². The molecule has 2 heterocycles. The molecule has 0 bridgehead atoms. The zero-order chi connectivity index (χ0) is 13.9. The standard InChI is InChI=1S/C16H23N3O/c1-3-19-9-8-15-14(11-19)16(18-17-15)12-6-5-7-13(10-12)20-4-2/h5-7,10,14,16,18H,3-4,8-9,11H2,1-2H3. The normalized spacial score (nSPS) is 25.8. The third-order valence-corrected chi connectivity index (χ3v) is 4.29. The predicted octanol–water partition coefficient (Wildman–Crippen LogP) is 2.43. The molecule has 0 spiro atoms. The van der Waals surface area contributed by atoms with E-state index in [9.17, 15) is 0 Å². The summed E-state index contributed by atoms with van der Waals surface area (Å²) < 4.78 is 5.61. The summed E-state index contributed by atoms with van der Waals surface area (Å²) in [5.41, 5.74) is 5.94. The fourth-order valence-corrected chi connectivity index (χ4v) is 3.17. The number of hydrazone groups is 1. The van der Waals surface area contributed by atoms with Gasteiger partial charge in [-0.1, -0.05) is 19.1 Å². The molecule has 4 heteroatoms. The third kappa shape index (κ3) is 2.52. The molecular formula is C16H23N3O. The molecule has 2 aliphatic rings. The van der Waals surface area contributed by atoms with Gasteiger partial charge in [0.15, 0.2) is 0 Å².